The lowest BCUT2D eigenvalue weighted by Crippen LogP contribution is -2.64. The number of nitrogens with zero attached hydrogens (tertiary/aromatic N) is 1. The van der Waals surface area contributed by atoms with Crippen molar-refractivity contribution >= 4 is 6.09 Å². The van der Waals surface area contributed by atoms with Crippen molar-refractivity contribution in [2.75, 3.05) is 19.7 Å². The molecule has 0 aromatic heterocycles. The van der Waals surface area contributed by atoms with Crippen LogP contribution in [0, 0.1) is 5.92 Å². The standard InChI is InChI=1S/C10H15NO3/c1-2-5-14-9(12)11-6-10(13,7-11)8-3-4-8/h2,8,13H,1,3-7H2. The average Bonchev–Trinajstić information content (AvgIpc) is 2.92. The molecule has 0 spiro atoms. The van der Waals surface area contributed by atoms with Crippen molar-refractivity contribution in [2.24, 2.45) is 5.92 Å². The van der Waals surface area contributed by atoms with Gasteiger partial charge in [0.2, 0.25) is 0 Å². The Balaban J connectivity index is 1.75. The van der Waals surface area contributed by atoms with Crippen LogP contribution >= 0.6 is 0 Å². The third-order valence-corrected chi connectivity index (χ3v) is 2.85. The number of likely N-dealkylation sites (tertiary alicyclic amines) is 1. The van der Waals surface area contributed by atoms with Gasteiger partial charge >= 0.3 is 6.09 Å². The molecule has 4 nitrogen and oxygen atoms in total. The van der Waals surface area contributed by atoms with E-state index in [2.05, 4.69) is 6.58 Å². The van der Waals surface area contributed by atoms with Gasteiger partial charge in [-0.05, 0) is 18.8 Å². The van der Waals surface area contributed by atoms with E-state index in [1.165, 1.54) is 11.0 Å². The highest BCUT2D eigenvalue weighted by Gasteiger charge is 2.53. The van der Waals surface area contributed by atoms with E-state index in [4.69, 9.17) is 4.74 Å². The monoisotopic (exact) mass is 197 g/mol. The zero-order valence-electron chi connectivity index (χ0n) is 8.11. The molecular formula is C10H15NO3. The first-order valence-electron chi connectivity index (χ1n) is 4.91. The topological polar surface area (TPSA) is 49.8 Å². The Morgan fingerprint density at radius 3 is 2.79 bits per heavy atom. The fourth-order valence-electron chi connectivity index (χ4n) is 1.84. The molecule has 1 saturated carbocycles. The molecule has 1 saturated heterocycles. The molecule has 2 fully saturated rings. The number of rotatable bonds is 3. The van der Waals surface area contributed by atoms with Gasteiger partial charge in [0.05, 0.1) is 13.1 Å². The number of β-amino-alcohol motifs (C(OH)–C–C–N with tert-alkyl or cyclic N) is 1. The van der Waals surface area contributed by atoms with Gasteiger partial charge in [0.15, 0.2) is 0 Å². The molecule has 0 unspecified atom stereocenters. The smallest absolute Gasteiger partial charge is 0.410 e. The SMILES string of the molecule is C=CCOC(=O)N1CC(O)(C2CC2)C1. The Kier molecular flexibility index (Phi) is 2.23. The zero-order valence-corrected chi connectivity index (χ0v) is 8.11. The van der Waals surface area contributed by atoms with Gasteiger partial charge in [-0.15, -0.1) is 0 Å². The number of aliphatic hydroxyl groups is 1. The maximum Gasteiger partial charge on any atom is 0.410 e. The second-order valence-corrected chi connectivity index (χ2v) is 4.10. The van der Waals surface area contributed by atoms with Crippen LogP contribution in [0.5, 0.6) is 0 Å². The van der Waals surface area contributed by atoms with E-state index in [-0.39, 0.29) is 12.7 Å². The molecule has 1 N–H and O–H groups in total. The molecule has 2 aliphatic rings. The van der Waals surface area contributed by atoms with Crippen LogP contribution in [-0.4, -0.2) is 41.4 Å². The molecule has 1 aliphatic heterocycles. The van der Waals surface area contributed by atoms with Crippen LogP contribution < -0.4 is 0 Å². The van der Waals surface area contributed by atoms with Gasteiger partial charge in [-0.25, -0.2) is 4.79 Å². The van der Waals surface area contributed by atoms with E-state index in [1.807, 2.05) is 0 Å². The minimum Gasteiger partial charge on any atom is -0.445 e. The maximum atomic E-state index is 11.3. The van der Waals surface area contributed by atoms with Gasteiger partial charge in [-0.2, -0.15) is 0 Å². The summed E-state index contributed by atoms with van der Waals surface area (Å²) in [5.41, 5.74) is -0.618. The predicted octanol–water partition coefficient (Wildman–Crippen LogP) is 0.766. The molecular weight excluding hydrogens is 182 g/mol. The minimum atomic E-state index is -0.618. The quantitative estimate of drug-likeness (QED) is 0.680. The molecule has 1 heterocycles. The van der Waals surface area contributed by atoms with Crippen molar-refractivity contribution < 1.29 is 14.6 Å². The molecule has 1 amide bonds. The Morgan fingerprint density at radius 1 is 1.64 bits per heavy atom. The normalized spacial score (nSPS) is 23.9. The lowest BCUT2D eigenvalue weighted by Gasteiger charge is -2.45. The average molecular weight is 197 g/mol. The van der Waals surface area contributed by atoms with Crippen molar-refractivity contribution in [1.82, 2.24) is 4.90 Å². The summed E-state index contributed by atoms with van der Waals surface area (Å²) in [5.74, 6) is 0.408. The summed E-state index contributed by atoms with van der Waals surface area (Å²) in [5, 5.41) is 9.92. The number of ether oxygens (including phenoxy) is 1. The lowest BCUT2D eigenvalue weighted by molar-refractivity contribution is -0.102. The predicted molar refractivity (Wildman–Crippen MR) is 50.8 cm³/mol. The molecule has 1 aliphatic carbocycles. The zero-order chi connectivity index (χ0) is 10.2. The summed E-state index contributed by atoms with van der Waals surface area (Å²) in [6.07, 6.45) is 3.36. The minimum absolute atomic E-state index is 0.233. The summed E-state index contributed by atoms with van der Waals surface area (Å²) < 4.78 is 4.85. The van der Waals surface area contributed by atoms with Gasteiger partial charge in [0, 0.05) is 0 Å². The molecule has 2 rings (SSSR count). The first kappa shape index (κ1) is 9.52. The first-order valence-corrected chi connectivity index (χ1v) is 4.91. The fourth-order valence-corrected chi connectivity index (χ4v) is 1.84. The third-order valence-electron chi connectivity index (χ3n) is 2.85. The van der Waals surface area contributed by atoms with Crippen LogP contribution in [0.4, 0.5) is 4.79 Å². The van der Waals surface area contributed by atoms with Crippen LogP contribution in [0.3, 0.4) is 0 Å². The van der Waals surface area contributed by atoms with E-state index in [0.717, 1.165) is 12.8 Å². The van der Waals surface area contributed by atoms with Gasteiger partial charge in [-0.3, -0.25) is 0 Å². The Bertz CT molecular complexity index is 254. The van der Waals surface area contributed by atoms with Crippen molar-refractivity contribution in [3.05, 3.63) is 12.7 Å². The molecule has 4 heteroatoms. The molecule has 0 atom stereocenters. The fraction of sp³-hybridized carbons (Fsp3) is 0.700. The molecule has 0 bridgehead atoms. The van der Waals surface area contributed by atoms with Crippen LogP contribution in [0.1, 0.15) is 12.8 Å². The van der Waals surface area contributed by atoms with Gasteiger partial charge in [0.1, 0.15) is 12.2 Å². The highest BCUT2D eigenvalue weighted by atomic mass is 16.6. The summed E-state index contributed by atoms with van der Waals surface area (Å²) in [6.45, 7) is 4.54. The van der Waals surface area contributed by atoms with E-state index in [0.29, 0.717) is 19.0 Å². The van der Waals surface area contributed by atoms with Gasteiger partial charge in [-0.1, -0.05) is 12.7 Å². The summed E-state index contributed by atoms with van der Waals surface area (Å²) >= 11 is 0. The van der Waals surface area contributed by atoms with Crippen LogP contribution in [-0.2, 0) is 4.74 Å². The Morgan fingerprint density at radius 2 is 2.29 bits per heavy atom. The number of hydrogen-bond donors (Lipinski definition) is 1. The summed E-state index contributed by atoms with van der Waals surface area (Å²) in [7, 11) is 0. The highest BCUT2D eigenvalue weighted by Crippen LogP contribution is 2.44. The number of hydrogen-bond acceptors (Lipinski definition) is 3. The van der Waals surface area contributed by atoms with Gasteiger partial charge in [0.25, 0.3) is 0 Å². The Hall–Kier alpha value is -1.03. The highest BCUT2D eigenvalue weighted by molar-refractivity contribution is 5.69. The summed E-state index contributed by atoms with van der Waals surface area (Å²) in [4.78, 5) is 12.8. The van der Waals surface area contributed by atoms with Crippen molar-refractivity contribution in [3.63, 3.8) is 0 Å². The summed E-state index contributed by atoms with van der Waals surface area (Å²) in [6, 6.07) is 0. The van der Waals surface area contributed by atoms with Crippen LogP contribution in [0.2, 0.25) is 0 Å². The molecule has 78 valence electrons. The number of carbonyl (C=O) groups is 1. The van der Waals surface area contributed by atoms with Crippen LogP contribution in [0.25, 0.3) is 0 Å². The maximum absolute atomic E-state index is 11.3. The van der Waals surface area contributed by atoms with E-state index >= 15 is 0 Å². The largest absolute Gasteiger partial charge is 0.445 e. The number of carbonyl (C=O) groups excluding carboxylic acids is 1. The van der Waals surface area contributed by atoms with E-state index in [9.17, 15) is 9.90 Å². The molecule has 14 heavy (non-hydrogen) atoms. The Labute approximate surface area is 83.2 Å². The van der Waals surface area contributed by atoms with E-state index < -0.39 is 5.60 Å². The van der Waals surface area contributed by atoms with Crippen molar-refractivity contribution in [3.8, 4) is 0 Å². The molecule has 0 aromatic carbocycles. The number of amides is 1. The molecule has 0 radical (unpaired) electrons. The van der Waals surface area contributed by atoms with E-state index in [1.54, 1.807) is 0 Å². The molecule has 0 aromatic rings. The van der Waals surface area contributed by atoms with Gasteiger partial charge < -0.3 is 14.7 Å². The van der Waals surface area contributed by atoms with Crippen LogP contribution in [0.15, 0.2) is 12.7 Å². The second kappa shape index (κ2) is 3.28. The van der Waals surface area contributed by atoms with Crippen molar-refractivity contribution in [1.29, 1.82) is 0 Å². The second-order valence-electron chi connectivity index (χ2n) is 4.10. The van der Waals surface area contributed by atoms with Crippen molar-refractivity contribution in [2.45, 2.75) is 18.4 Å². The lowest BCUT2D eigenvalue weighted by atomic mass is 9.89. The third kappa shape index (κ3) is 1.62. The first-order chi connectivity index (χ1) is 6.65.